The Labute approximate surface area is 171 Å². The van der Waals surface area contributed by atoms with Gasteiger partial charge in [-0.2, -0.15) is 0 Å². The second-order valence-electron chi connectivity index (χ2n) is 7.73. The molecule has 2 aromatic carbocycles. The normalized spacial score (nSPS) is 21.4. The molecule has 2 aliphatic rings. The van der Waals surface area contributed by atoms with Crippen molar-refractivity contribution in [2.45, 2.75) is 50.2 Å². The molecule has 0 radical (unpaired) electrons. The zero-order valence-electron chi connectivity index (χ0n) is 16.5. The summed E-state index contributed by atoms with van der Waals surface area (Å²) < 4.78 is 0. The largest absolute Gasteiger partial charge is 0.376 e. The van der Waals surface area contributed by atoms with Crippen molar-refractivity contribution in [2.75, 3.05) is 5.32 Å². The summed E-state index contributed by atoms with van der Waals surface area (Å²) in [5, 5.41) is 6.35. The monoisotopic (exact) mass is 389 g/mol. The lowest BCUT2D eigenvalue weighted by Gasteiger charge is -2.29. The van der Waals surface area contributed by atoms with E-state index in [9.17, 15) is 9.59 Å². The van der Waals surface area contributed by atoms with E-state index in [0.717, 1.165) is 36.9 Å². The van der Waals surface area contributed by atoms with Gasteiger partial charge in [-0.25, -0.2) is 4.79 Å². The van der Waals surface area contributed by atoms with Gasteiger partial charge in [-0.05, 0) is 30.5 Å². The summed E-state index contributed by atoms with van der Waals surface area (Å²) in [4.78, 5) is 27.4. The Balaban J connectivity index is 1.57. The van der Waals surface area contributed by atoms with Crippen molar-refractivity contribution in [2.24, 2.45) is 0 Å². The molecule has 5 nitrogen and oxygen atoms in total. The van der Waals surface area contributed by atoms with Gasteiger partial charge in [0.05, 0.1) is 6.04 Å². The van der Waals surface area contributed by atoms with E-state index in [2.05, 4.69) is 10.6 Å². The molecule has 1 saturated heterocycles. The summed E-state index contributed by atoms with van der Waals surface area (Å²) >= 11 is 0. The number of imide groups is 1. The Kier molecular flexibility index (Phi) is 5.94. The van der Waals surface area contributed by atoms with Crippen LogP contribution in [0.1, 0.15) is 37.7 Å². The maximum absolute atomic E-state index is 13.2. The minimum absolute atomic E-state index is 0.0247. The minimum Gasteiger partial charge on any atom is -0.376 e. The van der Waals surface area contributed by atoms with Crippen LogP contribution < -0.4 is 10.6 Å². The fourth-order valence-corrected chi connectivity index (χ4v) is 4.19. The third-order valence-electron chi connectivity index (χ3n) is 5.70. The van der Waals surface area contributed by atoms with Crippen molar-refractivity contribution in [1.29, 1.82) is 0 Å². The Bertz CT molecular complexity index is 860. The van der Waals surface area contributed by atoms with E-state index in [0.29, 0.717) is 0 Å². The Hall–Kier alpha value is -3.08. The van der Waals surface area contributed by atoms with Crippen LogP contribution >= 0.6 is 0 Å². The number of urea groups is 1. The quantitative estimate of drug-likeness (QED) is 0.719. The average Bonchev–Trinajstić information content (AvgIpc) is 3.07. The minimum atomic E-state index is -0.621. The van der Waals surface area contributed by atoms with Gasteiger partial charge in [-0.15, -0.1) is 0 Å². The predicted octanol–water partition coefficient (Wildman–Crippen LogP) is 4.43. The van der Waals surface area contributed by atoms with E-state index in [1.807, 2.05) is 72.8 Å². The number of benzene rings is 2. The summed E-state index contributed by atoms with van der Waals surface area (Å²) in [5.41, 5.74) is 1.96. The van der Waals surface area contributed by atoms with E-state index in [-0.39, 0.29) is 24.0 Å². The lowest BCUT2D eigenvalue weighted by atomic mass is 9.94. The van der Waals surface area contributed by atoms with Crippen LogP contribution in [0, 0.1) is 0 Å². The zero-order valence-corrected chi connectivity index (χ0v) is 16.5. The Morgan fingerprint density at radius 1 is 0.931 bits per heavy atom. The Morgan fingerprint density at radius 2 is 1.59 bits per heavy atom. The second kappa shape index (κ2) is 8.95. The number of rotatable bonds is 6. The van der Waals surface area contributed by atoms with E-state index in [1.165, 1.54) is 11.3 Å². The van der Waals surface area contributed by atoms with Crippen molar-refractivity contribution in [1.82, 2.24) is 10.2 Å². The van der Waals surface area contributed by atoms with E-state index in [1.54, 1.807) is 0 Å². The predicted molar refractivity (Wildman–Crippen MR) is 115 cm³/mol. The van der Waals surface area contributed by atoms with Crippen LogP contribution in [0.15, 0.2) is 66.7 Å². The van der Waals surface area contributed by atoms with Crippen molar-refractivity contribution in [3.63, 3.8) is 0 Å². The van der Waals surface area contributed by atoms with Crippen LogP contribution in [0.4, 0.5) is 10.5 Å². The first kappa shape index (κ1) is 19.2. The summed E-state index contributed by atoms with van der Waals surface area (Å²) in [7, 11) is 0. The zero-order chi connectivity index (χ0) is 20.1. The third-order valence-corrected chi connectivity index (χ3v) is 5.70. The SMILES string of the molecule is O=C1N[C@H]([C@@H](/C=C/c2ccccc2)Nc2ccccc2)C(=O)N1C1CCCCC1. The molecule has 0 unspecified atom stereocenters. The van der Waals surface area contributed by atoms with Crippen LogP contribution in [-0.2, 0) is 4.79 Å². The maximum atomic E-state index is 13.2. The van der Waals surface area contributed by atoms with Gasteiger partial charge in [0, 0.05) is 11.7 Å². The number of nitrogens with one attached hydrogen (secondary N) is 2. The summed E-state index contributed by atoms with van der Waals surface area (Å²) in [6.45, 7) is 0. The van der Waals surface area contributed by atoms with E-state index >= 15 is 0 Å². The molecule has 3 amide bonds. The first-order valence-corrected chi connectivity index (χ1v) is 10.4. The first-order chi connectivity index (χ1) is 14.2. The van der Waals surface area contributed by atoms with Crippen molar-refractivity contribution < 1.29 is 9.59 Å². The molecule has 0 spiro atoms. The van der Waals surface area contributed by atoms with Gasteiger partial charge in [-0.1, -0.05) is 79.9 Å². The van der Waals surface area contributed by atoms with Gasteiger partial charge in [0.1, 0.15) is 6.04 Å². The molecule has 4 rings (SSSR count). The summed E-state index contributed by atoms with van der Waals surface area (Å²) in [6, 6.07) is 18.5. The standard InChI is InChI=1S/C24H27N3O2/c28-23-22(26-24(29)27(23)20-14-8-3-9-15-20)21(25-19-12-6-2-7-13-19)17-16-18-10-4-1-5-11-18/h1-2,4-7,10-13,16-17,20-22,25H,3,8-9,14-15H2,(H,26,29)/b17-16+/t21-,22-/m1/s1. The van der Waals surface area contributed by atoms with Crippen LogP contribution in [0.25, 0.3) is 6.08 Å². The molecular weight excluding hydrogens is 362 g/mol. The van der Waals surface area contributed by atoms with Gasteiger partial charge in [-0.3, -0.25) is 9.69 Å². The Morgan fingerprint density at radius 3 is 2.28 bits per heavy atom. The molecule has 2 atom stereocenters. The topological polar surface area (TPSA) is 61.4 Å². The highest BCUT2D eigenvalue weighted by Crippen LogP contribution is 2.27. The number of nitrogens with zero attached hydrogens (tertiary/aromatic N) is 1. The van der Waals surface area contributed by atoms with E-state index < -0.39 is 6.04 Å². The average molecular weight is 389 g/mol. The molecule has 1 aliphatic heterocycles. The molecule has 2 N–H and O–H groups in total. The molecule has 0 bridgehead atoms. The molecule has 2 fully saturated rings. The highest BCUT2D eigenvalue weighted by molar-refractivity contribution is 6.05. The molecule has 5 heteroatoms. The van der Waals surface area contributed by atoms with E-state index in [4.69, 9.17) is 0 Å². The lowest BCUT2D eigenvalue weighted by molar-refractivity contribution is -0.129. The molecular formula is C24H27N3O2. The van der Waals surface area contributed by atoms with Crippen LogP contribution in [0.5, 0.6) is 0 Å². The molecule has 29 heavy (non-hydrogen) atoms. The molecule has 2 aromatic rings. The number of carbonyl (C=O) groups is 2. The third kappa shape index (κ3) is 4.50. The number of carbonyl (C=O) groups excluding carboxylic acids is 2. The number of anilines is 1. The van der Waals surface area contributed by atoms with Gasteiger partial charge >= 0.3 is 6.03 Å². The molecule has 150 valence electrons. The number of hydrogen-bond donors (Lipinski definition) is 2. The smallest absolute Gasteiger partial charge is 0.325 e. The van der Waals surface area contributed by atoms with Gasteiger partial charge < -0.3 is 10.6 Å². The highest BCUT2D eigenvalue weighted by Gasteiger charge is 2.45. The maximum Gasteiger partial charge on any atom is 0.325 e. The number of para-hydroxylation sites is 1. The summed E-state index contributed by atoms with van der Waals surface area (Å²) in [5.74, 6) is -0.131. The second-order valence-corrected chi connectivity index (χ2v) is 7.73. The molecule has 1 saturated carbocycles. The molecule has 0 aromatic heterocycles. The highest BCUT2D eigenvalue weighted by atomic mass is 16.2. The lowest BCUT2D eigenvalue weighted by Crippen LogP contribution is -2.45. The van der Waals surface area contributed by atoms with Crippen molar-refractivity contribution >= 4 is 23.7 Å². The first-order valence-electron chi connectivity index (χ1n) is 10.4. The number of hydrogen-bond acceptors (Lipinski definition) is 3. The fraction of sp³-hybridized carbons (Fsp3) is 0.333. The van der Waals surface area contributed by atoms with Gasteiger partial charge in [0.2, 0.25) is 0 Å². The van der Waals surface area contributed by atoms with Crippen LogP contribution in [-0.4, -0.2) is 35.0 Å². The van der Waals surface area contributed by atoms with Crippen LogP contribution in [0.3, 0.4) is 0 Å². The molecule has 1 heterocycles. The van der Waals surface area contributed by atoms with Crippen molar-refractivity contribution in [3.05, 3.63) is 72.3 Å². The van der Waals surface area contributed by atoms with Gasteiger partial charge in [0.25, 0.3) is 5.91 Å². The van der Waals surface area contributed by atoms with Crippen molar-refractivity contribution in [3.8, 4) is 0 Å². The van der Waals surface area contributed by atoms with Crippen LogP contribution in [0.2, 0.25) is 0 Å². The molecule has 1 aliphatic carbocycles. The summed E-state index contributed by atoms with van der Waals surface area (Å²) in [6.07, 6.45) is 9.10. The number of amides is 3. The van der Waals surface area contributed by atoms with Gasteiger partial charge in [0.15, 0.2) is 0 Å². The fourth-order valence-electron chi connectivity index (χ4n) is 4.19.